The van der Waals surface area contributed by atoms with Crippen LogP contribution in [0.4, 0.5) is 0 Å². The Kier molecular flexibility index (Phi) is 2.15. The van der Waals surface area contributed by atoms with E-state index in [9.17, 15) is 9.90 Å². The van der Waals surface area contributed by atoms with E-state index >= 15 is 0 Å². The highest BCUT2D eigenvalue weighted by atomic mass is 16.6. The molecule has 7 heteroatoms. The van der Waals surface area contributed by atoms with E-state index in [1.165, 1.54) is 6.08 Å². The number of aliphatic hydroxyl groups excluding tert-OH is 2. The van der Waals surface area contributed by atoms with Gasteiger partial charge < -0.3 is 29.9 Å². The van der Waals surface area contributed by atoms with Crippen LogP contribution in [0.5, 0.6) is 0 Å². The third kappa shape index (κ3) is 1.26. The van der Waals surface area contributed by atoms with Gasteiger partial charge in [0.25, 0.3) is 0 Å². The number of nitrogens with zero attached hydrogens (tertiary/aromatic N) is 1. The van der Waals surface area contributed by atoms with Gasteiger partial charge in [-0.1, -0.05) is 0 Å². The van der Waals surface area contributed by atoms with Crippen LogP contribution in [0.3, 0.4) is 0 Å². The largest absolute Gasteiger partial charge is 0.394 e. The van der Waals surface area contributed by atoms with Gasteiger partial charge in [0.05, 0.1) is 6.61 Å². The minimum atomic E-state index is -0.883. The molecule has 5 atom stereocenters. The van der Waals surface area contributed by atoms with Crippen LogP contribution >= 0.6 is 0 Å². The molecule has 0 spiro atoms. The molecule has 7 nitrogen and oxygen atoms in total. The Bertz CT molecular complexity index is 347. The van der Waals surface area contributed by atoms with E-state index in [1.807, 2.05) is 0 Å². The van der Waals surface area contributed by atoms with Crippen molar-refractivity contribution in [3.8, 4) is 0 Å². The second kappa shape index (κ2) is 3.42. The summed E-state index contributed by atoms with van der Waals surface area (Å²) < 4.78 is 10.9. The number of amides is 1. The van der Waals surface area contributed by atoms with E-state index < -0.39 is 30.9 Å². The smallest absolute Gasteiger partial charge is 0.248 e. The molecule has 3 rings (SSSR count). The molecule has 0 aromatic heterocycles. The molecule has 3 N–H and O–H groups in total. The van der Waals surface area contributed by atoms with Crippen molar-refractivity contribution >= 4 is 5.91 Å². The predicted molar refractivity (Wildman–Crippen MR) is 49.5 cm³/mol. The molecule has 3 aliphatic heterocycles. The molecule has 0 aromatic carbocycles. The summed E-state index contributed by atoms with van der Waals surface area (Å²) >= 11 is 0. The van der Waals surface area contributed by atoms with Gasteiger partial charge in [-0.05, 0) is 0 Å². The number of nitrogens with one attached hydrogen (secondary N) is 1. The average molecular weight is 228 g/mol. The zero-order chi connectivity index (χ0) is 11.3. The number of aliphatic hydroxyl groups is 2. The van der Waals surface area contributed by atoms with E-state index in [-0.39, 0.29) is 12.5 Å². The van der Waals surface area contributed by atoms with Crippen LogP contribution < -0.4 is 5.32 Å². The molecule has 2 fully saturated rings. The lowest BCUT2D eigenvalue weighted by Gasteiger charge is -2.29. The molecule has 2 saturated heterocycles. The van der Waals surface area contributed by atoms with Crippen molar-refractivity contribution in [3.63, 3.8) is 0 Å². The number of rotatable bonds is 1. The van der Waals surface area contributed by atoms with Gasteiger partial charge in [0.15, 0.2) is 6.23 Å². The second-order valence-electron chi connectivity index (χ2n) is 3.96. The summed E-state index contributed by atoms with van der Waals surface area (Å²) in [7, 11) is 0. The molecule has 0 aliphatic carbocycles. The lowest BCUT2D eigenvalue weighted by molar-refractivity contribution is -0.133. The van der Waals surface area contributed by atoms with Gasteiger partial charge in [-0.25, -0.2) is 0 Å². The number of hydrogen-bond acceptors (Lipinski definition) is 6. The molecular formula is C9H12N2O5. The zero-order valence-corrected chi connectivity index (χ0v) is 8.31. The summed E-state index contributed by atoms with van der Waals surface area (Å²) in [6.45, 7) is -0.258. The first kappa shape index (κ1) is 10.0. The summed E-state index contributed by atoms with van der Waals surface area (Å²) in [6.07, 6.45) is -0.195. The van der Waals surface area contributed by atoms with Crippen molar-refractivity contribution in [2.75, 3.05) is 6.61 Å². The SMILES string of the molecule is O=C1C=CN2C(N1)O[C@H]1[C@H](O)[C@@H](CO)O[C@H]12. The van der Waals surface area contributed by atoms with Gasteiger partial charge in [-0.2, -0.15) is 0 Å². The van der Waals surface area contributed by atoms with Crippen molar-refractivity contribution in [1.29, 1.82) is 0 Å². The third-order valence-corrected chi connectivity index (χ3v) is 3.01. The first-order valence-electron chi connectivity index (χ1n) is 5.06. The predicted octanol–water partition coefficient (Wildman–Crippen LogP) is -2.31. The molecule has 16 heavy (non-hydrogen) atoms. The van der Waals surface area contributed by atoms with E-state index in [4.69, 9.17) is 14.6 Å². The van der Waals surface area contributed by atoms with E-state index in [0.29, 0.717) is 0 Å². The first-order chi connectivity index (χ1) is 7.70. The van der Waals surface area contributed by atoms with Crippen LogP contribution in [-0.4, -0.2) is 58.5 Å². The quantitative estimate of drug-likeness (QED) is 0.467. The lowest BCUT2D eigenvalue weighted by Crippen LogP contribution is -2.48. The standard InChI is InChI=1S/C9H12N2O5/c12-3-4-6(14)7-8(15-4)11-2-1-5(13)10-9(11)16-7/h1-2,4,6-9,12,14H,3H2,(H,10,13)/t4-,6-,7+,8-,9?/m1/s1. The molecule has 1 amide bonds. The Morgan fingerprint density at radius 1 is 1.50 bits per heavy atom. The van der Waals surface area contributed by atoms with E-state index in [1.54, 1.807) is 11.1 Å². The number of carbonyl (C=O) groups excluding carboxylic acids is 1. The monoisotopic (exact) mass is 228 g/mol. The number of hydrogen-bond donors (Lipinski definition) is 3. The van der Waals surface area contributed by atoms with Gasteiger partial charge in [-0.3, -0.25) is 4.79 Å². The van der Waals surface area contributed by atoms with Crippen molar-refractivity contribution in [1.82, 2.24) is 10.2 Å². The van der Waals surface area contributed by atoms with E-state index in [0.717, 1.165) is 0 Å². The Labute approximate surface area is 91.2 Å². The Balaban J connectivity index is 1.82. The van der Waals surface area contributed by atoms with Gasteiger partial charge >= 0.3 is 0 Å². The fourth-order valence-electron chi connectivity index (χ4n) is 2.20. The van der Waals surface area contributed by atoms with Crippen LogP contribution in [0.25, 0.3) is 0 Å². The first-order valence-corrected chi connectivity index (χ1v) is 5.06. The third-order valence-electron chi connectivity index (χ3n) is 3.01. The zero-order valence-electron chi connectivity index (χ0n) is 8.31. The van der Waals surface area contributed by atoms with E-state index in [2.05, 4.69) is 5.32 Å². The molecule has 3 aliphatic rings. The van der Waals surface area contributed by atoms with Gasteiger partial charge in [0.1, 0.15) is 18.3 Å². The van der Waals surface area contributed by atoms with Crippen molar-refractivity contribution < 1.29 is 24.5 Å². The van der Waals surface area contributed by atoms with Crippen LogP contribution in [0.15, 0.2) is 12.3 Å². The molecule has 0 saturated carbocycles. The number of ether oxygens (including phenoxy) is 2. The van der Waals surface area contributed by atoms with Crippen molar-refractivity contribution in [2.45, 2.75) is 30.9 Å². The molecule has 0 bridgehead atoms. The summed E-state index contributed by atoms with van der Waals surface area (Å²) in [6, 6.07) is 0. The maximum atomic E-state index is 11.1. The minimum Gasteiger partial charge on any atom is -0.394 e. The van der Waals surface area contributed by atoms with Gasteiger partial charge in [0, 0.05) is 12.3 Å². The number of carbonyl (C=O) groups is 1. The van der Waals surface area contributed by atoms with Crippen molar-refractivity contribution in [2.24, 2.45) is 0 Å². The fraction of sp³-hybridized carbons (Fsp3) is 0.667. The van der Waals surface area contributed by atoms with Crippen LogP contribution in [-0.2, 0) is 14.3 Å². The fourth-order valence-corrected chi connectivity index (χ4v) is 2.20. The normalized spacial score (nSPS) is 45.5. The lowest BCUT2D eigenvalue weighted by atomic mass is 10.1. The van der Waals surface area contributed by atoms with Crippen LogP contribution in [0.2, 0.25) is 0 Å². The van der Waals surface area contributed by atoms with Crippen LogP contribution in [0, 0.1) is 0 Å². The Hall–Kier alpha value is -1.15. The Morgan fingerprint density at radius 3 is 3.06 bits per heavy atom. The summed E-state index contributed by atoms with van der Waals surface area (Å²) in [5.74, 6) is -0.241. The highest BCUT2D eigenvalue weighted by Gasteiger charge is 2.54. The minimum absolute atomic E-state index is 0.241. The second-order valence-corrected chi connectivity index (χ2v) is 3.96. The molecule has 0 radical (unpaired) electrons. The maximum Gasteiger partial charge on any atom is 0.248 e. The Morgan fingerprint density at radius 2 is 2.31 bits per heavy atom. The molecule has 88 valence electrons. The number of fused-ring (bicyclic) bond motifs is 3. The van der Waals surface area contributed by atoms with Gasteiger partial charge in [0.2, 0.25) is 12.3 Å². The summed E-state index contributed by atoms with van der Waals surface area (Å²) in [5.41, 5.74) is 0. The topological polar surface area (TPSA) is 91.3 Å². The maximum absolute atomic E-state index is 11.1. The van der Waals surface area contributed by atoms with Gasteiger partial charge in [-0.15, -0.1) is 0 Å². The molecule has 0 aromatic rings. The summed E-state index contributed by atoms with van der Waals surface area (Å²) in [4.78, 5) is 12.8. The molecule has 1 unspecified atom stereocenters. The van der Waals surface area contributed by atoms with Crippen molar-refractivity contribution in [3.05, 3.63) is 12.3 Å². The average Bonchev–Trinajstić information content (AvgIpc) is 2.75. The highest BCUT2D eigenvalue weighted by molar-refractivity contribution is 5.88. The molecule has 3 heterocycles. The van der Waals surface area contributed by atoms with Crippen LogP contribution in [0.1, 0.15) is 0 Å². The molecular weight excluding hydrogens is 216 g/mol. The highest BCUT2D eigenvalue weighted by Crippen LogP contribution is 2.34. The summed E-state index contributed by atoms with van der Waals surface area (Å²) in [5, 5.41) is 21.4.